The number of ketones is 2. The Kier molecular flexibility index (Phi) is 4.70. The molecule has 1 aliphatic carbocycles. The smallest absolute Gasteiger partial charge is 0.205 e. The van der Waals surface area contributed by atoms with Gasteiger partial charge >= 0.3 is 0 Å². The van der Waals surface area contributed by atoms with E-state index in [-0.39, 0.29) is 17.1 Å². The number of nitrogens with zero attached hydrogens (tertiary/aromatic N) is 1. The lowest BCUT2D eigenvalue weighted by atomic mass is 10.0. The summed E-state index contributed by atoms with van der Waals surface area (Å²) in [6.45, 7) is 0. The normalized spacial score (nSPS) is 12.8. The van der Waals surface area contributed by atoms with Gasteiger partial charge in [-0.2, -0.15) is 0 Å². The molecule has 1 aromatic heterocycles. The predicted octanol–water partition coefficient (Wildman–Crippen LogP) is 7.37. The topological polar surface area (TPSA) is 50.5 Å². The summed E-state index contributed by atoms with van der Waals surface area (Å²) in [6, 6.07) is 34.7. The summed E-state index contributed by atoms with van der Waals surface area (Å²) in [6.07, 6.45) is 1.55. The molecule has 4 aromatic carbocycles. The van der Waals surface area contributed by atoms with E-state index in [9.17, 15) is 9.59 Å². The molecular formula is C30H19NO3. The summed E-state index contributed by atoms with van der Waals surface area (Å²) in [4.78, 5) is 28.2. The second kappa shape index (κ2) is 8.01. The van der Waals surface area contributed by atoms with Gasteiger partial charge in [0.05, 0.1) is 5.57 Å². The summed E-state index contributed by atoms with van der Waals surface area (Å²) in [5.41, 5.74) is 2.88. The van der Waals surface area contributed by atoms with Gasteiger partial charge < -0.3 is 4.42 Å². The predicted molar refractivity (Wildman–Crippen MR) is 134 cm³/mol. The van der Waals surface area contributed by atoms with Crippen molar-refractivity contribution in [1.82, 2.24) is 0 Å². The minimum absolute atomic E-state index is 0.122. The summed E-state index contributed by atoms with van der Waals surface area (Å²) >= 11 is 0. The zero-order valence-electron chi connectivity index (χ0n) is 18.1. The van der Waals surface area contributed by atoms with Crippen LogP contribution in [0.2, 0.25) is 0 Å². The first kappa shape index (κ1) is 19.9. The van der Waals surface area contributed by atoms with Crippen molar-refractivity contribution in [3.8, 4) is 0 Å². The fraction of sp³-hybridized carbons (Fsp3) is 0. The monoisotopic (exact) mass is 441 g/mol. The van der Waals surface area contributed by atoms with E-state index < -0.39 is 0 Å². The number of allylic oxidation sites excluding steroid dienone is 1. The molecule has 1 aliphatic rings. The minimum Gasteiger partial charge on any atom is -0.440 e. The molecule has 5 aromatic rings. The third kappa shape index (κ3) is 3.33. The number of furan rings is 1. The van der Waals surface area contributed by atoms with Crippen LogP contribution in [-0.4, -0.2) is 11.6 Å². The molecule has 4 heteroatoms. The molecule has 162 valence electrons. The summed E-state index contributed by atoms with van der Waals surface area (Å²) in [5, 5.41) is 1.87. The first-order valence-electron chi connectivity index (χ1n) is 11.0. The van der Waals surface area contributed by atoms with Gasteiger partial charge in [0.25, 0.3) is 0 Å². The third-order valence-electron chi connectivity index (χ3n) is 6.01. The second-order valence-corrected chi connectivity index (χ2v) is 8.14. The van der Waals surface area contributed by atoms with E-state index in [2.05, 4.69) is 0 Å². The Labute approximate surface area is 196 Å². The van der Waals surface area contributed by atoms with Crippen molar-refractivity contribution in [2.24, 2.45) is 0 Å². The van der Waals surface area contributed by atoms with Crippen molar-refractivity contribution < 1.29 is 14.0 Å². The lowest BCUT2D eigenvalue weighted by molar-refractivity contribution is 0.0990. The standard InChI is InChI=1S/C30H19NO3/c32-29-25-17-20-9-7-8-10-21(20)18-26(25)30(33)27(29)19-24-15-16-28(34-24)31(22-11-3-1-4-12-22)23-13-5-2-6-14-23/h1-19H. The van der Waals surface area contributed by atoms with Crippen LogP contribution in [0.1, 0.15) is 26.5 Å². The van der Waals surface area contributed by atoms with Gasteiger partial charge in [-0.05, 0) is 59.3 Å². The highest BCUT2D eigenvalue weighted by Gasteiger charge is 2.33. The zero-order chi connectivity index (χ0) is 23.1. The lowest BCUT2D eigenvalue weighted by Crippen LogP contribution is -2.08. The second-order valence-electron chi connectivity index (χ2n) is 8.14. The Bertz CT molecular complexity index is 1480. The number of carbonyl (C=O) groups excluding carboxylic acids is 2. The molecular weight excluding hydrogens is 422 g/mol. The van der Waals surface area contributed by atoms with Gasteiger partial charge in [0, 0.05) is 28.6 Å². The van der Waals surface area contributed by atoms with Crippen LogP contribution in [0.15, 0.2) is 119 Å². The van der Waals surface area contributed by atoms with Gasteiger partial charge in [0.15, 0.2) is 11.6 Å². The number of Topliss-reactive ketones (excluding diaryl/α,β-unsaturated/α-hetero) is 2. The fourth-order valence-electron chi connectivity index (χ4n) is 4.38. The Morgan fingerprint density at radius 1 is 0.588 bits per heavy atom. The SMILES string of the molecule is O=C1C(=Cc2ccc(N(c3ccccc3)c3ccccc3)o2)C(=O)c2cc3ccccc3cc21. The molecule has 1 heterocycles. The molecule has 4 nitrogen and oxygen atoms in total. The van der Waals surface area contributed by atoms with Crippen molar-refractivity contribution in [1.29, 1.82) is 0 Å². The fourth-order valence-corrected chi connectivity index (χ4v) is 4.38. The van der Waals surface area contributed by atoms with Crippen LogP contribution in [0.5, 0.6) is 0 Å². The molecule has 0 amide bonds. The molecule has 0 fully saturated rings. The molecule has 0 saturated carbocycles. The number of para-hydroxylation sites is 2. The van der Waals surface area contributed by atoms with Crippen molar-refractivity contribution in [2.45, 2.75) is 0 Å². The average Bonchev–Trinajstić information content (AvgIpc) is 3.43. The molecule has 34 heavy (non-hydrogen) atoms. The summed E-state index contributed by atoms with van der Waals surface area (Å²) in [5.74, 6) is 0.490. The molecule has 6 rings (SSSR count). The molecule has 0 N–H and O–H groups in total. The maximum atomic E-state index is 13.1. The van der Waals surface area contributed by atoms with E-state index in [0.717, 1.165) is 22.1 Å². The van der Waals surface area contributed by atoms with Gasteiger partial charge in [-0.3, -0.25) is 14.5 Å². The number of rotatable bonds is 4. The number of hydrogen-bond donors (Lipinski definition) is 0. The van der Waals surface area contributed by atoms with E-state index in [4.69, 9.17) is 4.42 Å². The maximum absolute atomic E-state index is 13.1. The van der Waals surface area contributed by atoms with Crippen molar-refractivity contribution in [2.75, 3.05) is 4.90 Å². The van der Waals surface area contributed by atoms with Gasteiger partial charge in [0.1, 0.15) is 5.76 Å². The van der Waals surface area contributed by atoms with Crippen LogP contribution in [0.3, 0.4) is 0 Å². The Balaban J connectivity index is 1.39. The minimum atomic E-state index is -0.272. The van der Waals surface area contributed by atoms with E-state index in [1.165, 1.54) is 0 Å². The quantitative estimate of drug-likeness (QED) is 0.216. The summed E-state index contributed by atoms with van der Waals surface area (Å²) < 4.78 is 6.13. The van der Waals surface area contributed by atoms with E-state index in [0.29, 0.717) is 22.8 Å². The number of fused-ring (bicyclic) bond motifs is 2. The lowest BCUT2D eigenvalue weighted by Gasteiger charge is -2.22. The molecule has 0 spiro atoms. The molecule has 0 aliphatic heterocycles. The Hall–Kier alpha value is -4.70. The number of benzene rings is 4. The third-order valence-corrected chi connectivity index (χ3v) is 6.01. The molecule has 0 saturated heterocycles. The van der Waals surface area contributed by atoms with Gasteiger partial charge in [-0.25, -0.2) is 0 Å². The highest BCUT2D eigenvalue weighted by Crippen LogP contribution is 2.37. The zero-order valence-corrected chi connectivity index (χ0v) is 18.1. The molecule has 0 radical (unpaired) electrons. The van der Waals surface area contributed by atoms with Crippen LogP contribution < -0.4 is 4.90 Å². The molecule has 0 atom stereocenters. The van der Waals surface area contributed by atoms with Crippen molar-refractivity contribution >= 4 is 45.7 Å². The highest BCUT2D eigenvalue weighted by atomic mass is 16.4. The number of hydrogen-bond acceptors (Lipinski definition) is 4. The first-order valence-corrected chi connectivity index (χ1v) is 11.0. The largest absolute Gasteiger partial charge is 0.440 e. The van der Waals surface area contributed by atoms with E-state index in [1.54, 1.807) is 24.3 Å². The van der Waals surface area contributed by atoms with E-state index >= 15 is 0 Å². The average molecular weight is 441 g/mol. The number of anilines is 3. The van der Waals surface area contributed by atoms with Gasteiger partial charge in [-0.15, -0.1) is 0 Å². The van der Waals surface area contributed by atoms with E-state index in [1.807, 2.05) is 95.9 Å². The summed E-state index contributed by atoms with van der Waals surface area (Å²) in [7, 11) is 0. The van der Waals surface area contributed by atoms with Crippen molar-refractivity contribution in [3.63, 3.8) is 0 Å². The van der Waals surface area contributed by atoms with Crippen LogP contribution >= 0.6 is 0 Å². The molecule has 0 bridgehead atoms. The Morgan fingerprint density at radius 3 is 1.62 bits per heavy atom. The highest BCUT2D eigenvalue weighted by molar-refractivity contribution is 6.42. The first-order chi connectivity index (χ1) is 16.7. The Morgan fingerprint density at radius 2 is 1.09 bits per heavy atom. The van der Waals surface area contributed by atoms with Crippen LogP contribution in [-0.2, 0) is 0 Å². The molecule has 0 unspecified atom stereocenters. The van der Waals surface area contributed by atoms with Gasteiger partial charge in [0.2, 0.25) is 5.88 Å². The van der Waals surface area contributed by atoms with Crippen LogP contribution in [0, 0.1) is 0 Å². The maximum Gasteiger partial charge on any atom is 0.205 e. The van der Waals surface area contributed by atoms with Crippen LogP contribution in [0.4, 0.5) is 17.3 Å². The van der Waals surface area contributed by atoms with Crippen molar-refractivity contribution in [3.05, 3.63) is 132 Å². The van der Waals surface area contributed by atoms with Gasteiger partial charge in [-0.1, -0.05) is 60.7 Å². The van der Waals surface area contributed by atoms with Crippen LogP contribution in [0.25, 0.3) is 16.8 Å². The number of carbonyl (C=O) groups is 2.